The minimum Gasteiger partial charge on any atom is -0.497 e. The lowest BCUT2D eigenvalue weighted by molar-refractivity contribution is -0.0989. The summed E-state index contributed by atoms with van der Waals surface area (Å²) in [6, 6.07) is 7.66. The van der Waals surface area contributed by atoms with Crippen LogP contribution < -0.4 is 4.74 Å². The molecule has 4 nitrogen and oxygen atoms in total. The van der Waals surface area contributed by atoms with Gasteiger partial charge in [-0.15, -0.1) is 17.9 Å². The second-order valence-corrected chi connectivity index (χ2v) is 20.1. The number of ether oxygens (including phenoxy) is 2. The molecule has 31 heavy (non-hydrogen) atoms. The van der Waals surface area contributed by atoms with Crippen LogP contribution in [0, 0.1) is 23.8 Å². The van der Waals surface area contributed by atoms with E-state index in [1.165, 1.54) is 0 Å². The van der Waals surface area contributed by atoms with Crippen molar-refractivity contribution in [1.29, 1.82) is 0 Å². The average molecular weight is 461 g/mol. The van der Waals surface area contributed by atoms with Gasteiger partial charge >= 0.3 is 0 Å². The Morgan fingerprint density at radius 3 is 2.10 bits per heavy atom. The molecule has 0 fully saturated rings. The smallest absolute Gasteiger partial charge is 0.192 e. The van der Waals surface area contributed by atoms with E-state index in [2.05, 4.69) is 70.9 Å². The van der Waals surface area contributed by atoms with Crippen molar-refractivity contribution in [2.24, 2.45) is 0 Å². The van der Waals surface area contributed by atoms with Crippen LogP contribution in [0.25, 0.3) is 0 Å². The summed E-state index contributed by atoms with van der Waals surface area (Å²) in [4.78, 5) is 0. The number of rotatable bonds is 9. The molecule has 0 radical (unpaired) electrons. The highest BCUT2D eigenvalue weighted by atomic mass is 28.4. The number of benzene rings is 1. The predicted molar refractivity (Wildman–Crippen MR) is 134 cm³/mol. The first-order valence-corrected chi connectivity index (χ1v) is 17.1. The van der Waals surface area contributed by atoms with Crippen LogP contribution in [-0.4, -0.2) is 46.9 Å². The summed E-state index contributed by atoms with van der Waals surface area (Å²) in [6.45, 7) is 17.9. The van der Waals surface area contributed by atoms with Gasteiger partial charge in [0.2, 0.25) is 0 Å². The summed E-state index contributed by atoms with van der Waals surface area (Å²) in [7, 11) is -2.13. The lowest BCUT2D eigenvalue weighted by atomic mass is 9.94. The molecule has 0 saturated carbocycles. The normalized spacial score (nSPS) is 15.3. The Bertz CT molecular complexity index is 802. The molecule has 0 aromatic heterocycles. The number of terminal acetylenes is 1. The Labute approximate surface area is 191 Å². The first kappa shape index (κ1) is 27.5. The summed E-state index contributed by atoms with van der Waals surface area (Å²) in [5, 5.41) is 11.5. The van der Waals surface area contributed by atoms with E-state index >= 15 is 0 Å². The molecule has 1 rings (SSSR count). The molecule has 1 aromatic rings. The molecule has 0 saturated heterocycles. The summed E-state index contributed by atoms with van der Waals surface area (Å²) in [6.07, 6.45) is 5.03. The number of hydrogen-bond donors (Lipinski definition) is 1. The van der Waals surface area contributed by atoms with E-state index < -0.39 is 28.1 Å². The van der Waals surface area contributed by atoms with Gasteiger partial charge in [0.25, 0.3) is 0 Å². The van der Waals surface area contributed by atoms with Crippen molar-refractivity contribution in [3.8, 4) is 29.6 Å². The van der Waals surface area contributed by atoms with Crippen LogP contribution >= 0.6 is 0 Å². The Morgan fingerprint density at radius 2 is 1.65 bits per heavy atom. The Kier molecular flexibility index (Phi) is 9.62. The Balaban J connectivity index is 3.18. The van der Waals surface area contributed by atoms with Crippen molar-refractivity contribution in [1.82, 2.24) is 0 Å². The lowest BCUT2D eigenvalue weighted by Gasteiger charge is -2.39. The molecule has 0 amide bonds. The zero-order chi connectivity index (χ0) is 23.9. The van der Waals surface area contributed by atoms with E-state index in [1.54, 1.807) is 7.11 Å². The third kappa shape index (κ3) is 8.84. The van der Waals surface area contributed by atoms with Gasteiger partial charge in [0, 0.05) is 0 Å². The number of hydrogen-bond acceptors (Lipinski definition) is 4. The number of aliphatic hydroxyl groups is 1. The van der Waals surface area contributed by atoms with E-state index in [1.807, 2.05) is 24.3 Å². The van der Waals surface area contributed by atoms with Crippen molar-refractivity contribution < 1.29 is 19.0 Å². The Morgan fingerprint density at radius 1 is 1.06 bits per heavy atom. The van der Waals surface area contributed by atoms with Crippen LogP contribution in [0.15, 0.2) is 24.3 Å². The average Bonchev–Trinajstić information content (AvgIpc) is 2.65. The van der Waals surface area contributed by atoms with Crippen LogP contribution in [0.5, 0.6) is 5.75 Å². The van der Waals surface area contributed by atoms with Gasteiger partial charge in [-0.3, -0.25) is 0 Å². The molecular weight excluding hydrogens is 420 g/mol. The lowest BCUT2D eigenvalue weighted by Crippen LogP contribution is -2.50. The summed E-state index contributed by atoms with van der Waals surface area (Å²) in [5.41, 5.74) is 2.77. The van der Waals surface area contributed by atoms with Crippen LogP contribution in [0.1, 0.15) is 32.8 Å². The van der Waals surface area contributed by atoms with Crippen LogP contribution in [0.3, 0.4) is 0 Å². The highest BCUT2D eigenvalue weighted by molar-refractivity contribution is 6.83. The van der Waals surface area contributed by atoms with Crippen LogP contribution in [0.4, 0.5) is 0 Å². The third-order valence-electron chi connectivity index (χ3n) is 5.57. The highest BCUT2D eigenvalue weighted by Crippen LogP contribution is 2.37. The predicted octanol–water partition coefficient (Wildman–Crippen LogP) is 5.24. The third-order valence-corrected chi connectivity index (χ3v) is 10.9. The van der Waals surface area contributed by atoms with Crippen molar-refractivity contribution in [2.75, 3.05) is 13.7 Å². The van der Waals surface area contributed by atoms with Gasteiger partial charge in [0.1, 0.15) is 19.9 Å². The second kappa shape index (κ2) is 10.9. The fraction of sp³-hybridized carbons (Fsp3) is 0.600. The molecule has 0 aliphatic rings. The fourth-order valence-electron chi connectivity index (χ4n) is 2.43. The molecular formula is C25H40O4Si2. The zero-order valence-corrected chi connectivity index (χ0v) is 22.8. The second-order valence-electron chi connectivity index (χ2n) is 10.5. The largest absolute Gasteiger partial charge is 0.497 e. The van der Waals surface area contributed by atoms with Crippen LogP contribution in [-0.2, 0) is 15.8 Å². The topological polar surface area (TPSA) is 47.9 Å². The van der Waals surface area contributed by atoms with E-state index in [0.717, 1.165) is 11.3 Å². The molecule has 0 unspecified atom stereocenters. The van der Waals surface area contributed by atoms with Crippen molar-refractivity contribution >= 4 is 16.4 Å². The molecule has 2 atom stereocenters. The maximum absolute atomic E-state index is 11.5. The first-order chi connectivity index (χ1) is 14.1. The van der Waals surface area contributed by atoms with Gasteiger partial charge < -0.3 is 19.0 Å². The standard InChI is InChI=1S/C25H40O4Si2/c1-11-16-25(26,17-18-30(6,7)8)23(20-29-31(9,10)24(2,3)4)28-19-21-12-14-22(27-5)15-13-21/h1,12-15,23,26H,16,19-20H2,2-10H3/t23-,25+/m0/s1. The minimum atomic E-state index is -2.05. The summed E-state index contributed by atoms with van der Waals surface area (Å²) >= 11 is 0. The molecule has 0 aliphatic carbocycles. The van der Waals surface area contributed by atoms with Crippen molar-refractivity contribution in [3.05, 3.63) is 29.8 Å². The molecule has 6 heteroatoms. The molecule has 0 bridgehead atoms. The molecule has 1 aromatic carbocycles. The van der Waals surface area contributed by atoms with Crippen LogP contribution in [0.2, 0.25) is 37.8 Å². The zero-order valence-electron chi connectivity index (χ0n) is 20.8. The van der Waals surface area contributed by atoms with Crippen molar-refractivity contribution in [3.63, 3.8) is 0 Å². The van der Waals surface area contributed by atoms with Crippen molar-refractivity contribution in [2.45, 2.75) is 83.3 Å². The van der Waals surface area contributed by atoms with Gasteiger partial charge in [0.05, 0.1) is 26.7 Å². The molecule has 0 spiro atoms. The first-order valence-electron chi connectivity index (χ1n) is 10.7. The van der Waals surface area contributed by atoms with E-state index in [0.29, 0.717) is 6.61 Å². The maximum atomic E-state index is 11.5. The van der Waals surface area contributed by atoms with Gasteiger partial charge in [0.15, 0.2) is 13.9 Å². The monoisotopic (exact) mass is 460 g/mol. The van der Waals surface area contributed by atoms with E-state index in [9.17, 15) is 5.11 Å². The van der Waals surface area contributed by atoms with Gasteiger partial charge in [-0.1, -0.05) is 58.5 Å². The van der Waals surface area contributed by atoms with Gasteiger partial charge in [-0.05, 0) is 35.8 Å². The fourth-order valence-corrected chi connectivity index (χ4v) is 4.03. The molecule has 1 N–H and O–H groups in total. The molecule has 172 valence electrons. The summed E-state index contributed by atoms with van der Waals surface area (Å²) < 4.78 is 17.9. The van der Waals surface area contributed by atoms with E-state index in [-0.39, 0.29) is 18.1 Å². The molecule has 0 heterocycles. The van der Waals surface area contributed by atoms with Gasteiger partial charge in [-0.25, -0.2) is 0 Å². The summed E-state index contributed by atoms with van der Waals surface area (Å²) in [5.74, 6) is 6.45. The van der Waals surface area contributed by atoms with E-state index in [4.69, 9.17) is 20.3 Å². The Hall–Kier alpha value is -1.55. The maximum Gasteiger partial charge on any atom is 0.192 e. The highest BCUT2D eigenvalue weighted by Gasteiger charge is 2.41. The quantitative estimate of drug-likeness (QED) is 0.404. The minimum absolute atomic E-state index is 0.0434. The van der Waals surface area contributed by atoms with Gasteiger partial charge in [-0.2, -0.15) is 0 Å². The SMILES string of the molecule is C#CC[C@@](O)(C#C[Si](C)(C)C)[C@H](CO[Si](C)(C)C(C)(C)C)OCc1ccc(OC)cc1. The number of methoxy groups -OCH3 is 1. The molecule has 0 aliphatic heterocycles.